The monoisotopic (exact) mass is 743 g/mol. The summed E-state index contributed by atoms with van der Waals surface area (Å²) in [6.45, 7) is 12.2. The third kappa shape index (κ3) is 9.23. The molecule has 3 aromatic heterocycles. The van der Waals surface area contributed by atoms with Gasteiger partial charge in [0, 0.05) is 28.3 Å². The summed E-state index contributed by atoms with van der Waals surface area (Å²) in [5.74, 6) is 3.38. The molecule has 0 radical (unpaired) electrons. The Morgan fingerprint density at radius 3 is 2.19 bits per heavy atom. The predicted octanol–water partition coefficient (Wildman–Crippen LogP) is 13.9. The van der Waals surface area contributed by atoms with Crippen LogP contribution in [-0.2, 0) is 6.42 Å². The van der Waals surface area contributed by atoms with Gasteiger partial charge in [0.2, 0.25) is 0 Å². The van der Waals surface area contributed by atoms with E-state index in [-0.39, 0.29) is 0 Å². The van der Waals surface area contributed by atoms with Gasteiger partial charge in [-0.25, -0.2) is 15.0 Å². The van der Waals surface area contributed by atoms with Crippen LogP contribution in [0, 0.1) is 6.92 Å². The number of hydrogen-bond donors (Lipinski definition) is 0. The summed E-state index contributed by atoms with van der Waals surface area (Å²) in [6, 6.07) is 43.2. The van der Waals surface area contributed by atoms with Gasteiger partial charge in [-0.05, 0) is 91.4 Å². The van der Waals surface area contributed by atoms with Crippen LogP contribution in [-0.4, -0.2) is 15.0 Å². The number of allylic oxidation sites excluding steroid dienone is 9. The van der Waals surface area contributed by atoms with Gasteiger partial charge in [-0.2, -0.15) is 0 Å². The van der Waals surface area contributed by atoms with Crippen molar-refractivity contribution in [3.63, 3.8) is 0 Å². The molecule has 5 heteroatoms. The molecule has 0 fully saturated rings. The standard InChI is InChI=1S/C52H45N3O2/c1-6-9-18-36(4)51-53-50(54-52(55-51)39(7-2)30-27-38-28-31-42(32-29-38)41-20-11-10-12-21-41)35-46-45-24-14-16-26-48(45)57-49(46)34-40(8-3)43-23-17-19-37(5)56-47-25-15-13-22-44(47)33-43/h6-34H,3,35H2,1-2,4-5H3/b9-6-,23-17?,30-27-,36-18+,37-19?,39-7+,40-34+,43-33?. The SMILES string of the molecule is C=C/C(=C\c1oc2ccccc2c1Cc1nc(/C(C)=C/C=C\C)nc(C(/C=C\c2ccc(-c3ccccc3)cc2)=C/C)n1)c1cccc(C)oc2ccccc2c1. The van der Waals surface area contributed by atoms with E-state index >= 15 is 0 Å². The molecule has 5 nitrogen and oxygen atoms in total. The van der Waals surface area contributed by atoms with Crippen molar-refractivity contribution in [3.05, 3.63) is 216 Å². The van der Waals surface area contributed by atoms with E-state index < -0.39 is 0 Å². The molecule has 0 spiro atoms. The Morgan fingerprint density at radius 2 is 1.42 bits per heavy atom. The van der Waals surface area contributed by atoms with Crippen molar-refractivity contribution in [1.82, 2.24) is 15.0 Å². The maximum absolute atomic E-state index is 6.59. The smallest absolute Gasteiger partial charge is 0.163 e. The second-order valence-electron chi connectivity index (χ2n) is 13.6. The minimum absolute atomic E-state index is 0.418. The first kappa shape index (κ1) is 38.2. The Kier molecular flexibility index (Phi) is 12.1. The zero-order chi connectivity index (χ0) is 39.6. The Bertz CT molecular complexity index is 2760. The fraction of sp³-hybridized carbons (Fsp3) is 0.0962. The van der Waals surface area contributed by atoms with E-state index in [0.717, 1.165) is 61.1 Å². The van der Waals surface area contributed by atoms with Gasteiger partial charge in [-0.3, -0.25) is 0 Å². The zero-order valence-corrected chi connectivity index (χ0v) is 32.8. The maximum atomic E-state index is 6.59. The molecule has 0 atom stereocenters. The normalized spacial score (nSPS) is 12.5. The Labute approximate surface area is 334 Å². The van der Waals surface area contributed by atoms with Gasteiger partial charge in [0.25, 0.3) is 0 Å². The summed E-state index contributed by atoms with van der Waals surface area (Å²) >= 11 is 0. The largest absolute Gasteiger partial charge is 0.461 e. The molecule has 7 rings (SSSR count). The summed E-state index contributed by atoms with van der Waals surface area (Å²) < 4.78 is 12.7. The summed E-state index contributed by atoms with van der Waals surface area (Å²) in [7, 11) is 0. The van der Waals surface area contributed by atoms with Crippen molar-refractivity contribution in [1.29, 1.82) is 0 Å². The summed E-state index contributed by atoms with van der Waals surface area (Å²) in [6.07, 6.45) is 16.6. The number of nitrogens with zero attached hydrogens (tertiary/aromatic N) is 3. The van der Waals surface area contributed by atoms with Crippen LogP contribution in [0.1, 0.15) is 66.5 Å². The van der Waals surface area contributed by atoms with Gasteiger partial charge in [0.05, 0.1) is 0 Å². The van der Waals surface area contributed by atoms with Gasteiger partial charge in [0.1, 0.15) is 28.5 Å². The van der Waals surface area contributed by atoms with Crippen LogP contribution in [0.5, 0.6) is 0 Å². The van der Waals surface area contributed by atoms with Crippen molar-refractivity contribution in [2.45, 2.75) is 34.1 Å². The maximum Gasteiger partial charge on any atom is 0.163 e. The topological polar surface area (TPSA) is 65.0 Å². The highest BCUT2D eigenvalue weighted by molar-refractivity contribution is 5.93. The van der Waals surface area contributed by atoms with E-state index in [4.69, 9.17) is 23.8 Å². The van der Waals surface area contributed by atoms with Crippen LogP contribution in [0.25, 0.3) is 61.9 Å². The fourth-order valence-electron chi connectivity index (χ4n) is 6.58. The molecule has 0 N–H and O–H groups in total. The summed E-state index contributed by atoms with van der Waals surface area (Å²) in [5, 5.41) is 1.97. The minimum atomic E-state index is 0.418. The number of para-hydroxylation sites is 2. The highest BCUT2D eigenvalue weighted by atomic mass is 16.3. The number of hydrogen-bond acceptors (Lipinski definition) is 5. The molecule has 0 bridgehead atoms. The fourth-order valence-corrected chi connectivity index (χ4v) is 6.58. The number of aromatic nitrogens is 3. The van der Waals surface area contributed by atoms with Crippen LogP contribution in [0.3, 0.4) is 0 Å². The number of aryl methyl sites for hydroxylation is 1. The van der Waals surface area contributed by atoms with Crippen molar-refractivity contribution >= 4 is 50.8 Å². The first-order chi connectivity index (χ1) is 27.9. The number of rotatable bonds is 11. The number of benzene rings is 4. The van der Waals surface area contributed by atoms with Crippen molar-refractivity contribution < 1.29 is 8.83 Å². The second kappa shape index (κ2) is 18.0. The van der Waals surface area contributed by atoms with E-state index in [1.54, 1.807) is 0 Å². The van der Waals surface area contributed by atoms with E-state index in [0.29, 0.717) is 29.7 Å². The third-order valence-corrected chi connectivity index (χ3v) is 9.63. The van der Waals surface area contributed by atoms with E-state index in [1.165, 1.54) is 11.1 Å². The first-order valence-electron chi connectivity index (χ1n) is 19.2. The van der Waals surface area contributed by atoms with E-state index in [1.807, 2.05) is 119 Å². The molecule has 7 aromatic rings. The Morgan fingerprint density at radius 1 is 0.702 bits per heavy atom. The summed E-state index contributed by atoms with van der Waals surface area (Å²) in [4.78, 5) is 15.1. The molecule has 0 saturated carbocycles. The van der Waals surface area contributed by atoms with Crippen LogP contribution in [0.15, 0.2) is 179 Å². The Hall–Kier alpha value is -7.11. The molecule has 0 saturated heterocycles. The van der Waals surface area contributed by atoms with Gasteiger partial charge in [-0.15, -0.1) is 0 Å². The van der Waals surface area contributed by atoms with E-state index in [2.05, 4.69) is 91.5 Å². The molecule has 57 heavy (non-hydrogen) atoms. The van der Waals surface area contributed by atoms with Crippen molar-refractivity contribution in [3.8, 4) is 11.1 Å². The molecular weight excluding hydrogens is 699 g/mol. The van der Waals surface area contributed by atoms with E-state index in [9.17, 15) is 0 Å². The molecule has 4 aromatic carbocycles. The molecule has 0 aliphatic carbocycles. The molecule has 0 unspecified atom stereocenters. The third-order valence-electron chi connectivity index (χ3n) is 9.63. The molecule has 3 heterocycles. The quantitative estimate of drug-likeness (QED) is 0.123. The molecule has 0 amide bonds. The molecule has 280 valence electrons. The Balaban J connectivity index is 1.30. The second-order valence-corrected chi connectivity index (χ2v) is 13.6. The minimum Gasteiger partial charge on any atom is -0.461 e. The van der Waals surface area contributed by atoms with Crippen molar-refractivity contribution in [2.24, 2.45) is 0 Å². The number of fused-ring (bicyclic) bond motifs is 2. The summed E-state index contributed by atoms with van der Waals surface area (Å²) in [5.41, 5.74) is 9.69. The van der Waals surface area contributed by atoms with Gasteiger partial charge in [-0.1, -0.05) is 152 Å². The molecule has 0 aliphatic rings. The number of furan rings is 1. The van der Waals surface area contributed by atoms with Crippen molar-refractivity contribution in [2.75, 3.05) is 0 Å². The average molecular weight is 744 g/mol. The van der Waals surface area contributed by atoms with Crippen LogP contribution >= 0.6 is 0 Å². The first-order valence-corrected chi connectivity index (χ1v) is 19.2. The van der Waals surface area contributed by atoms with Crippen LogP contribution in [0.2, 0.25) is 0 Å². The molecular formula is C52H45N3O2. The zero-order valence-electron chi connectivity index (χ0n) is 32.8. The predicted molar refractivity (Wildman–Crippen MR) is 239 cm³/mol. The lowest BCUT2D eigenvalue weighted by Crippen LogP contribution is -2.07. The molecule has 0 aliphatic heterocycles. The lowest BCUT2D eigenvalue weighted by atomic mass is 10.0. The average Bonchev–Trinajstić information content (AvgIpc) is 3.62. The van der Waals surface area contributed by atoms with Gasteiger partial charge in [0.15, 0.2) is 11.6 Å². The highest BCUT2D eigenvalue weighted by Crippen LogP contribution is 2.32. The lowest BCUT2D eigenvalue weighted by molar-refractivity contribution is 0.569. The van der Waals surface area contributed by atoms with Crippen LogP contribution in [0.4, 0.5) is 0 Å². The van der Waals surface area contributed by atoms with Gasteiger partial charge < -0.3 is 8.83 Å². The lowest BCUT2D eigenvalue weighted by Gasteiger charge is -2.09. The van der Waals surface area contributed by atoms with Gasteiger partial charge >= 0.3 is 0 Å². The highest BCUT2D eigenvalue weighted by Gasteiger charge is 2.18. The van der Waals surface area contributed by atoms with Crippen LogP contribution < -0.4 is 0 Å².